The van der Waals surface area contributed by atoms with Gasteiger partial charge in [-0.05, 0) is 19.9 Å². The summed E-state index contributed by atoms with van der Waals surface area (Å²) in [4.78, 5) is 2.15. The Labute approximate surface area is 143 Å². The Kier molecular flexibility index (Phi) is 10.4. The van der Waals surface area contributed by atoms with Gasteiger partial charge < -0.3 is 14.9 Å². The number of likely N-dealkylation sites (N-methyl/N-ethyl adjacent to an activating group) is 1. The van der Waals surface area contributed by atoms with E-state index < -0.39 is 17.9 Å². The second-order valence-electron chi connectivity index (χ2n) is 7.20. The molecular formula is C19H39NO3. The van der Waals surface area contributed by atoms with Gasteiger partial charge in [0.2, 0.25) is 0 Å². The molecule has 0 unspecified atom stereocenters. The second-order valence-corrected chi connectivity index (χ2v) is 7.20. The molecule has 0 heterocycles. The van der Waals surface area contributed by atoms with Crippen LogP contribution < -0.4 is 0 Å². The van der Waals surface area contributed by atoms with Gasteiger partial charge in [0.1, 0.15) is 5.72 Å². The summed E-state index contributed by atoms with van der Waals surface area (Å²) < 4.78 is 6.18. The highest BCUT2D eigenvalue weighted by Gasteiger charge is 2.50. The number of hydrogen-bond acceptors (Lipinski definition) is 4. The van der Waals surface area contributed by atoms with Gasteiger partial charge in [-0.1, -0.05) is 58.8 Å². The molecule has 1 fully saturated rings. The average Bonchev–Trinajstić information content (AvgIpc) is 2.81. The number of aliphatic hydroxyl groups excluding tert-OH is 2. The van der Waals surface area contributed by atoms with E-state index in [9.17, 15) is 10.2 Å². The predicted molar refractivity (Wildman–Crippen MR) is 95.5 cm³/mol. The summed E-state index contributed by atoms with van der Waals surface area (Å²) in [5, 5.41) is 20.5. The van der Waals surface area contributed by atoms with Gasteiger partial charge in [0, 0.05) is 26.0 Å². The van der Waals surface area contributed by atoms with Gasteiger partial charge in [-0.15, -0.1) is 0 Å². The first-order chi connectivity index (χ1) is 11.1. The summed E-state index contributed by atoms with van der Waals surface area (Å²) in [7, 11) is 2.03. The quantitative estimate of drug-likeness (QED) is 0.400. The Balaban J connectivity index is 2.47. The third kappa shape index (κ3) is 6.69. The Morgan fingerprint density at radius 2 is 1.57 bits per heavy atom. The van der Waals surface area contributed by atoms with Crippen molar-refractivity contribution in [2.24, 2.45) is 0 Å². The number of ether oxygens (including phenoxy) is 1. The van der Waals surface area contributed by atoms with Crippen LogP contribution in [0.4, 0.5) is 0 Å². The van der Waals surface area contributed by atoms with E-state index >= 15 is 0 Å². The van der Waals surface area contributed by atoms with Gasteiger partial charge in [-0.2, -0.15) is 0 Å². The van der Waals surface area contributed by atoms with Crippen LogP contribution in [0, 0.1) is 0 Å². The van der Waals surface area contributed by atoms with Crippen LogP contribution in [-0.4, -0.2) is 53.2 Å². The van der Waals surface area contributed by atoms with E-state index in [1.54, 1.807) is 0 Å². The Hall–Kier alpha value is -0.160. The van der Waals surface area contributed by atoms with E-state index in [-0.39, 0.29) is 0 Å². The highest BCUT2D eigenvalue weighted by molar-refractivity contribution is 4.97. The lowest BCUT2D eigenvalue weighted by Crippen LogP contribution is -2.54. The SMILES string of the molecule is CCCCCCCN(C)[C@@]1(OCCCCCC)C[C@H](O)C[C@@H]1O. The van der Waals surface area contributed by atoms with Crippen molar-refractivity contribution in [1.82, 2.24) is 4.90 Å². The molecular weight excluding hydrogens is 290 g/mol. The molecule has 0 aliphatic heterocycles. The van der Waals surface area contributed by atoms with E-state index in [1.807, 2.05) is 7.05 Å². The molecule has 0 aromatic carbocycles. The fourth-order valence-corrected chi connectivity index (χ4v) is 3.59. The molecule has 0 saturated heterocycles. The van der Waals surface area contributed by atoms with Gasteiger partial charge in [0.25, 0.3) is 0 Å². The standard InChI is InChI=1S/C19H39NO3/c1-4-6-8-10-11-13-20(3)19(16-17(21)15-18(19)22)23-14-12-9-7-5-2/h17-18,21-22H,4-16H2,1-3H3/t17-,18+,19-/m1/s1. The summed E-state index contributed by atoms with van der Waals surface area (Å²) in [5.74, 6) is 0. The van der Waals surface area contributed by atoms with Crippen LogP contribution in [0.5, 0.6) is 0 Å². The van der Waals surface area contributed by atoms with Gasteiger partial charge >= 0.3 is 0 Å². The number of rotatable bonds is 13. The summed E-state index contributed by atoms with van der Waals surface area (Å²) in [5.41, 5.74) is -0.684. The summed E-state index contributed by atoms with van der Waals surface area (Å²) >= 11 is 0. The maximum absolute atomic E-state index is 10.5. The van der Waals surface area contributed by atoms with Crippen LogP contribution in [0.3, 0.4) is 0 Å². The number of hydrogen-bond donors (Lipinski definition) is 2. The molecule has 23 heavy (non-hydrogen) atoms. The van der Waals surface area contributed by atoms with Gasteiger partial charge in [0.05, 0.1) is 12.2 Å². The van der Waals surface area contributed by atoms with E-state index in [2.05, 4.69) is 18.7 Å². The lowest BCUT2D eigenvalue weighted by molar-refractivity contribution is -0.195. The molecule has 3 atom stereocenters. The minimum atomic E-state index is -0.684. The van der Waals surface area contributed by atoms with Crippen LogP contribution in [0.2, 0.25) is 0 Å². The van der Waals surface area contributed by atoms with Crippen LogP contribution >= 0.6 is 0 Å². The van der Waals surface area contributed by atoms with Crippen molar-refractivity contribution in [1.29, 1.82) is 0 Å². The molecule has 1 rings (SSSR count). The molecule has 4 nitrogen and oxygen atoms in total. The van der Waals surface area contributed by atoms with Crippen molar-refractivity contribution in [2.75, 3.05) is 20.2 Å². The Bertz CT molecular complexity index is 300. The van der Waals surface area contributed by atoms with Crippen molar-refractivity contribution < 1.29 is 14.9 Å². The number of aliphatic hydroxyl groups is 2. The molecule has 0 amide bonds. The summed E-state index contributed by atoms with van der Waals surface area (Å²) in [6, 6.07) is 0. The molecule has 1 aliphatic carbocycles. The highest BCUT2D eigenvalue weighted by Crippen LogP contribution is 2.36. The average molecular weight is 330 g/mol. The van der Waals surface area contributed by atoms with Crippen molar-refractivity contribution in [2.45, 2.75) is 102 Å². The largest absolute Gasteiger partial charge is 0.393 e. The lowest BCUT2D eigenvalue weighted by Gasteiger charge is -2.41. The molecule has 2 N–H and O–H groups in total. The van der Waals surface area contributed by atoms with E-state index in [1.165, 1.54) is 44.9 Å². The molecule has 0 aromatic rings. The zero-order valence-corrected chi connectivity index (χ0v) is 15.6. The van der Waals surface area contributed by atoms with Gasteiger partial charge in [-0.25, -0.2) is 0 Å². The zero-order valence-electron chi connectivity index (χ0n) is 15.6. The van der Waals surface area contributed by atoms with E-state index in [4.69, 9.17) is 4.74 Å². The molecule has 1 aliphatic rings. The fourth-order valence-electron chi connectivity index (χ4n) is 3.59. The lowest BCUT2D eigenvalue weighted by atomic mass is 10.1. The topological polar surface area (TPSA) is 52.9 Å². The first-order valence-electron chi connectivity index (χ1n) is 9.78. The maximum atomic E-state index is 10.5. The number of nitrogens with zero attached hydrogens (tertiary/aromatic N) is 1. The minimum absolute atomic E-state index is 0.426. The summed E-state index contributed by atoms with van der Waals surface area (Å²) in [6.07, 6.45) is 10.7. The molecule has 138 valence electrons. The van der Waals surface area contributed by atoms with Crippen molar-refractivity contribution >= 4 is 0 Å². The van der Waals surface area contributed by atoms with Crippen LogP contribution in [-0.2, 0) is 4.74 Å². The fraction of sp³-hybridized carbons (Fsp3) is 1.00. The second kappa shape index (κ2) is 11.4. The first kappa shape index (κ1) is 20.9. The van der Waals surface area contributed by atoms with Gasteiger partial charge in [0.15, 0.2) is 0 Å². The molecule has 4 heteroatoms. The normalized spacial score (nSPS) is 27.9. The summed E-state index contributed by atoms with van der Waals surface area (Å²) in [6.45, 7) is 6.02. The highest BCUT2D eigenvalue weighted by atomic mass is 16.5. The van der Waals surface area contributed by atoms with E-state index in [0.29, 0.717) is 19.4 Å². The van der Waals surface area contributed by atoms with Crippen molar-refractivity contribution in [3.63, 3.8) is 0 Å². The third-order valence-electron chi connectivity index (χ3n) is 5.14. The van der Waals surface area contributed by atoms with Crippen LogP contribution in [0.25, 0.3) is 0 Å². The maximum Gasteiger partial charge on any atom is 0.150 e. The smallest absolute Gasteiger partial charge is 0.150 e. The predicted octanol–water partition coefficient (Wildman–Crippen LogP) is 3.70. The van der Waals surface area contributed by atoms with Crippen LogP contribution in [0.15, 0.2) is 0 Å². The van der Waals surface area contributed by atoms with Crippen molar-refractivity contribution in [3.8, 4) is 0 Å². The minimum Gasteiger partial charge on any atom is -0.393 e. The molecule has 1 saturated carbocycles. The third-order valence-corrected chi connectivity index (χ3v) is 5.14. The zero-order chi connectivity index (χ0) is 17.1. The monoisotopic (exact) mass is 329 g/mol. The van der Waals surface area contributed by atoms with E-state index in [0.717, 1.165) is 19.4 Å². The first-order valence-corrected chi connectivity index (χ1v) is 9.78. The van der Waals surface area contributed by atoms with Gasteiger partial charge in [-0.3, -0.25) is 4.90 Å². The van der Waals surface area contributed by atoms with Crippen molar-refractivity contribution in [3.05, 3.63) is 0 Å². The molecule has 0 radical (unpaired) electrons. The Morgan fingerprint density at radius 1 is 0.957 bits per heavy atom. The van der Waals surface area contributed by atoms with Crippen LogP contribution in [0.1, 0.15) is 84.5 Å². The molecule has 0 bridgehead atoms. The number of unbranched alkanes of at least 4 members (excludes halogenated alkanes) is 7. The molecule has 0 spiro atoms. The molecule has 0 aromatic heterocycles. The Morgan fingerprint density at radius 3 is 2.13 bits per heavy atom.